The number of aromatic nitrogens is 2. The Kier molecular flexibility index (Phi) is 4.57. The molecule has 1 aliphatic carbocycles. The number of carbonyl (C=O) groups is 1. The molecule has 25 heavy (non-hydrogen) atoms. The van der Waals surface area contributed by atoms with Crippen molar-refractivity contribution in [1.29, 1.82) is 0 Å². The maximum Gasteiger partial charge on any atom is 0.331 e. The molecule has 0 bridgehead atoms. The van der Waals surface area contributed by atoms with Crippen molar-refractivity contribution in [2.45, 2.75) is 32.1 Å². The lowest BCUT2D eigenvalue weighted by atomic mass is 10.2. The number of ether oxygens (including phenoxy) is 1. The van der Waals surface area contributed by atoms with E-state index < -0.39 is 28.8 Å². The second kappa shape index (κ2) is 6.66. The normalized spacial score (nSPS) is 21.8. The SMILES string of the molecule is CC(=O)OC[C@H]1C[C@@]1(F)Cn1ccc(=O)n(Cc2ccccc2)c1=O. The van der Waals surface area contributed by atoms with Gasteiger partial charge in [0.1, 0.15) is 5.67 Å². The summed E-state index contributed by atoms with van der Waals surface area (Å²) < 4.78 is 21.8. The van der Waals surface area contributed by atoms with E-state index in [2.05, 4.69) is 0 Å². The Balaban J connectivity index is 1.78. The topological polar surface area (TPSA) is 70.3 Å². The van der Waals surface area contributed by atoms with Gasteiger partial charge in [-0.3, -0.25) is 18.7 Å². The lowest BCUT2D eigenvalue weighted by Crippen LogP contribution is -2.41. The molecule has 0 spiro atoms. The summed E-state index contributed by atoms with van der Waals surface area (Å²) in [6.45, 7) is 1.25. The van der Waals surface area contributed by atoms with Gasteiger partial charge in [-0.1, -0.05) is 30.3 Å². The molecule has 3 rings (SSSR count). The van der Waals surface area contributed by atoms with Crippen LogP contribution >= 0.6 is 0 Å². The van der Waals surface area contributed by atoms with E-state index in [4.69, 9.17) is 4.74 Å². The van der Waals surface area contributed by atoms with Crippen LogP contribution in [0, 0.1) is 5.92 Å². The number of hydrogen-bond donors (Lipinski definition) is 0. The van der Waals surface area contributed by atoms with Gasteiger partial charge in [0, 0.05) is 25.1 Å². The number of halogens is 1. The summed E-state index contributed by atoms with van der Waals surface area (Å²) in [5.41, 5.74) is -1.75. The summed E-state index contributed by atoms with van der Waals surface area (Å²) in [5, 5.41) is 0. The predicted octanol–water partition coefficient (Wildman–Crippen LogP) is 1.35. The fourth-order valence-corrected chi connectivity index (χ4v) is 2.84. The molecule has 1 heterocycles. The van der Waals surface area contributed by atoms with Crippen LogP contribution in [0.4, 0.5) is 4.39 Å². The van der Waals surface area contributed by atoms with Crippen molar-refractivity contribution >= 4 is 5.97 Å². The van der Waals surface area contributed by atoms with Gasteiger partial charge in [-0.2, -0.15) is 0 Å². The minimum atomic E-state index is -1.59. The summed E-state index contributed by atoms with van der Waals surface area (Å²) in [7, 11) is 0. The number of esters is 1. The summed E-state index contributed by atoms with van der Waals surface area (Å²) in [6.07, 6.45) is 1.54. The third kappa shape index (κ3) is 3.87. The summed E-state index contributed by atoms with van der Waals surface area (Å²) in [4.78, 5) is 35.4. The zero-order valence-electron chi connectivity index (χ0n) is 13.9. The van der Waals surface area contributed by atoms with Gasteiger partial charge < -0.3 is 4.74 Å². The lowest BCUT2D eigenvalue weighted by Gasteiger charge is -2.13. The summed E-state index contributed by atoms with van der Waals surface area (Å²) in [5.74, 6) is -0.874. The van der Waals surface area contributed by atoms with E-state index in [0.29, 0.717) is 0 Å². The standard InChI is InChI=1S/C18H19FN2O4/c1-13(22)25-11-15-9-18(15,19)12-20-8-7-16(23)21(17(20)24)10-14-5-3-2-4-6-14/h2-8,15H,9-12H2,1H3/t15-,18-/m1/s1. The highest BCUT2D eigenvalue weighted by atomic mass is 19.1. The fraction of sp³-hybridized carbons (Fsp3) is 0.389. The molecular weight excluding hydrogens is 327 g/mol. The zero-order chi connectivity index (χ0) is 18.0. The monoisotopic (exact) mass is 346 g/mol. The Labute approximate surface area is 143 Å². The first-order chi connectivity index (χ1) is 11.9. The van der Waals surface area contributed by atoms with Crippen molar-refractivity contribution < 1.29 is 13.9 Å². The minimum Gasteiger partial charge on any atom is -0.465 e. The Morgan fingerprint density at radius 1 is 1.28 bits per heavy atom. The van der Waals surface area contributed by atoms with Gasteiger partial charge in [-0.25, -0.2) is 9.18 Å². The molecule has 1 aromatic carbocycles. The molecule has 1 fully saturated rings. The third-order valence-corrected chi connectivity index (χ3v) is 4.40. The van der Waals surface area contributed by atoms with Gasteiger partial charge >= 0.3 is 11.7 Å². The van der Waals surface area contributed by atoms with Crippen LogP contribution in [0.3, 0.4) is 0 Å². The number of carbonyl (C=O) groups excluding carboxylic acids is 1. The molecule has 7 heteroatoms. The molecule has 6 nitrogen and oxygen atoms in total. The molecule has 0 saturated heterocycles. The third-order valence-electron chi connectivity index (χ3n) is 4.40. The summed E-state index contributed by atoms with van der Waals surface area (Å²) in [6, 6.07) is 10.4. The van der Waals surface area contributed by atoms with Crippen LogP contribution in [-0.4, -0.2) is 27.4 Å². The maximum atomic E-state index is 14.7. The molecule has 1 aromatic heterocycles. The van der Waals surface area contributed by atoms with Crippen LogP contribution in [0.25, 0.3) is 0 Å². The second-order valence-electron chi connectivity index (χ2n) is 6.37. The van der Waals surface area contributed by atoms with E-state index in [9.17, 15) is 18.8 Å². The molecule has 0 amide bonds. The molecule has 0 N–H and O–H groups in total. The molecule has 0 radical (unpaired) electrons. The highest BCUT2D eigenvalue weighted by Gasteiger charge is 2.56. The van der Waals surface area contributed by atoms with Crippen molar-refractivity contribution in [2.24, 2.45) is 5.92 Å². The molecule has 0 unspecified atom stereocenters. The highest BCUT2D eigenvalue weighted by Crippen LogP contribution is 2.48. The number of nitrogens with zero attached hydrogens (tertiary/aromatic N) is 2. The minimum absolute atomic E-state index is 0.00420. The van der Waals surface area contributed by atoms with Crippen molar-refractivity contribution in [3.05, 3.63) is 69.0 Å². The molecule has 0 aliphatic heterocycles. The van der Waals surface area contributed by atoms with Crippen LogP contribution in [0.1, 0.15) is 18.9 Å². The molecule has 132 valence electrons. The zero-order valence-corrected chi connectivity index (χ0v) is 13.9. The first-order valence-corrected chi connectivity index (χ1v) is 8.05. The van der Waals surface area contributed by atoms with Crippen LogP contribution in [0.15, 0.2) is 52.2 Å². The molecule has 2 atom stereocenters. The Hall–Kier alpha value is -2.70. The van der Waals surface area contributed by atoms with Crippen molar-refractivity contribution in [3.63, 3.8) is 0 Å². The first-order valence-electron chi connectivity index (χ1n) is 8.05. The molecule has 1 aliphatic rings. The van der Waals surface area contributed by atoms with Gasteiger partial charge in [0.15, 0.2) is 0 Å². The van der Waals surface area contributed by atoms with E-state index in [1.54, 1.807) is 0 Å². The van der Waals surface area contributed by atoms with E-state index >= 15 is 0 Å². The van der Waals surface area contributed by atoms with Gasteiger partial charge in [-0.05, 0) is 12.0 Å². The Morgan fingerprint density at radius 2 is 2.00 bits per heavy atom. The first kappa shape index (κ1) is 17.1. The van der Waals surface area contributed by atoms with E-state index in [-0.39, 0.29) is 26.1 Å². The van der Waals surface area contributed by atoms with Gasteiger partial charge in [0.05, 0.1) is 19.7 Å². The van der Waals surface area contributed by atoms with Gasteiger partial charge in [0.25, 0.3) is 5.56 Å². The quantitative estimate of drug-likeness (QED) is 0.741. The van der Waals surface area contributed by atoms with E-state index in [1.165, 1.54) is 23.8 Å². The van der Waals surface area contributed by atoms with Crippen molar-refractivity contribution in [3.8, 4) is 0 Å². The second-order valence-corrected chi connectivity index (χ2v) is 6.37. The number of alkyl halides is 1. The molecule has 2 aromatic rings. The fourth-order valence-electron chi connectivity index (χ4n) is 2.84. The average Bonchev–Trinajstić information content (AvgIpc) is 3.23. The van der Waals surface area contributed by atoms with Crippen LogP contribution in [0.5, 0.6) is 0 Å². The van der Waals surface area contributed by atoms with Crippen molar-refractivity contribution in [2.75, 3.05) is 6.61 Å². The smallest absolute Gasteiger partial charge is 0.331 e. The maximum absolute atomic E-state index is 14.7. The van der Waals surface area contributed by atoms with Crippen LogP contribution in [0.2, 0.25) is 0 Å². The predicted molar refractivity (Wildman–Crippen MR) is 89.1 cm³/mol. The number of benzene rings is 1. The highest BCUT2D eigenvalue weighted by molar-refractivity contribution is 5.65. The van der Waals surface area contributed by atoms with E-state index in [0.717, 1.165) is 10.1 Å². The van der Waals surface area contributed by atoms with Crippen molar-refractivity contribution in [1.82, 2.24) is 9.13 Å². The van der Waals surface area contributed by atoms with Crippen LogP contribution in [-0.2, 0) is 22.6 Å². The molecular formula is C18H19FN2O4. The number of rotatable bonds is 6. The van der Waals surface area contributed by atoms with E-state index in [1.807, 2.05) is 30.3 Å². The van der Waals surface area contributed by atoms with Crippen LogP contribution < -0.4 is 11.2 Å². The Bertz CT molecular complexity index is 890. The summed E-state index contributed by atoms with van der Waals surface area (Å²) >= 11 is 0. The lowest BCUT2D eigenvalue weighted by molar-refractivity contribution is -0.141. The molecule has 1 saturated carbocycles. The van der Waals surface area contributed by atoms with Gasteiger partial charge in [0.2, 0.25) is 0 Å². The largest absolute Gasteiger partial charge is 0.465 e. The van der Waals surface area contributed by atoms with Gasteiger partial charge in [-0.15, -0.1) is 0 Å². The Morgan fingerprint density at radius 3 is 2.68 bits per heavy atom. The number of hydrogen-bond acceptors (Lipinski definition) is 4. The average molecular weight is 346 g/mol.